The molecule has 2 rings (SSSR count). The van der Waals surface area contributed by atoms with Crippen LogP contribution in [0.1, 0.15) is 49.4 Å². The van der Waals surface area contributed by atoms with E-state index in [1.165, 1.54) is 31.4 Å². The van der Waals surface area contributed by atoms with E-state index in [-0.39, 0.29) is 11.3 Å². The van der Waals surface area contributed by atoms with E-state index in [0.717, 1.165) is 31.0 Å². The Morgan fingerprint density at radius 1 is 0.897 bits per heavy atom. The van der Waals surface area contributed by atoms with Crippen molar-refractivity contribution in [1.82, 2.24) is 0 Å². The molecule has 2 aromatic rings. The zero-order valence-electron chi connectivity index (χ0n) is 16.0. The first-order chi connectivity index (χ1) is 13.9. The number of non-ortho nitro benzene ring substituents is 1. The molecule has 9 nitrogen and oxygen atoms in total. The van der Waals surface area contributed by atoms with Crippen molar-refractivity contribution in [1.29, 1.82) is 0 Å². The maximum Gasteiger partial charge on any atom is 0.350 e. The lowest BCUT2D eigenvalue weighted by atomic mass is 10.1. The number of nitro groups is 2. The van der Waals surface area contributed by atoms with Crippen LogP contribution in [0.25, 0.3) is 0 Å². The van der Waals surface area contributed by atoms with Crippen LogP contribution < -0.4 is 9.47 Å². The van der Waals surface area contributed by atoms with E-state index in [1.807, 2.05) is 0 Å². The summed E-state index contributed by atoms with van der Waals surface area (Å²) in [5.74, 6) is -0.171. The van der Waals surface area contributed by atoms with Crippen LogP contribution in [0.5, 0.6) is 11.5 Å². The molecule has 0 aliphatic carbocycles. The minimum absolute atomic E-state index is 0.179. The van der Waals surface area contributed by atoms with Crippen molar-refractivity contribution in [2.75, 3.05) is 6.61 Å². The summed E-state index contributed by atoms with van der Waals surface area (Å²) in [6, 6.07) is 9.06. The van der Waals surface area contributed by atoms with Crippen LogP contribution in [0.4, 0.5) is 11.4 Å². The van der Waals surface area contributed by atoms with Gasteiger partial charge in [-0.15, -0.1) is 0 Å². The van der Waals surface area contributed by atoms with Crippen LogP contribution >= 0.6 is 0 Å². The van der Waals surface area contributed by atoms with Gasteiger partial charge in [0.15, 0.2) is 0 Å². The van der Waals surface area contributed by atoms with Gasteiger partial charge in [-0.3, -0.25) is 20.2 Å². The minimum Gasteiger partial charge on any atom is -0.494 e. The average molecular weight is 402 g/mol. The smallest absolute Gasteiger partial charge is 0.350 e. The van der Waals surface area contributed by atoms with Gasteiger partial charge in [-0.25, -0.2) is 4.79 Å². The molecule has 9 heteroatoms. The summed E-state index contributed by atoms with van der Waals surface area (Å²) < 4.78 is 10.8. The second kappa shape index (κ2) is 10.7. The third-order valence-corrected chi connectivity index (χ3v) is 4.16. The number of carbonyl (C=O) groups excluding carboxylic acids is 1. The van der Waals surface area contributed by atoms with Crippen LogP contribution in [0.3, 0.4) is 0 Å². The first kappa shape index (κ1) is 21.8. The number of esters is 1. The van der Waals surface area contributed by atoms with E-state index in [1.54, 1.807) is 12.1 Å². The van der Waals surface area contributed by atoms with Gasteiger partial charge in [0.1, 0.15) is 17.1 Å². The quantitative estimate of drug-likeness (QED) is 0.169. The number of nitrogens with zero attached hydrogens (tertiary/aromatic N) is 2. The molecule has 0 fully saturated rings. The molecule has 0 heterocycles. The fourth-order valence-corrected chi connectivity index (χ4v) is 2.62. The Bertz CT molecular complexity index is 866. The van der Waals surface area contributed by atoms with E-state index in [2.05, 4.69) is 6.92 Å². The Morgan fingerprint density at radius 3 is 2.17 bits per heavy atom. The van der Waals surface area contributed by atoms with Gasteiger partial charge in [0, 0.05) is 6.07 Å². The largest absolute Gasteiger partial charge is 0.494 e. The number of hydrogen-bond acceptors (Lipinski definition) is 7. The zero-order chi connectivity index (χ0) is 21.2. The maximum atomic E-state index is 12.3. The fraction of sp³-hybridized carbons (Fsp3) is 0.350. The van der Waals surface area contributed by atoms with Gasteiger partial charge in [0.2, 0.25) is 0 Å². The highest BCUT2D eigenvalue weighted by Gasteiger charge is 2.25. The molecule has 0 aliphatic heterocycles. The highest BCUT2D eigenvalue weighted by atomic mass is 16.6. The molecule has 2 aromatic carbocycles. The minimum atomic E-state index is -0.976. The van der Waals surface area contributed by atoms with Crippen molar-refractivity contribution in [2.24, 2.45) is 0 Å². The number of hydrogen-bond donors (Lipinski definition) is 0. The first-order valence-corrected chi connectivity index (χ1v) is 9.30. The third kappa shape index (κ3) is 6.56. The molecule has 0 saturated heterocycles. The fourth-order valence-electron chi connectivity index (χ4n) is 2.62. The van der Waals surface area contributed by atoms with Gasteiger partial charge in [-0.2, -0.15) is 0 Å². The summed E-state index contributed by atoms with van der Waals surface area (Å²) in [5.41, 5.74) is -1.54. The molecule has 0 atom stereocenters. The predicted octanol–water partition coefficient (Wildman–Crippen LogP) is 5.07. The van der Waals surface area contributed by atoms with Gasteiger partial charge in [-0.1, -0.05) is 32.6 Å². The van der Waals surface area contributed by atoms with Crippen molar-refractivity contribution in [3.63, 3.8) is 0 Å². The number of ether oxygens (including phenoxy) is 2. The van der Waals surface area contributed by atoms with E-state index in [9.17, 15) is 25.0 Å². The normalized spacial score (nSPS) is 10.4. The first-order valence-electron chi connectivity index (χ1n) is 9.30. The topological polar surface area (TPSA) is 122 Å². The Kier molecular flexibility index (Phi) is 8.08. The summed E-state index contributed by atoms with van der Waals surface area (Å²) >= 11 is 0. The number of benzene rings is 2. The average Bonchev–Trinajstić information content (AvgIpc) is 2.71. The van der Waals surface area contributed by atoms with E-state index >= 15 is 0 Å². The molecule has 0 amide bonds. The molecule has 29 heavy (non-hydrogen) atoms. The van der Waals surface area contributed by atoms with Crippen LogP contribution in [0, 0.1) is 20.2 Å². The van der Waals surface area contributed by atoms with Crippen molar-refractivity contribution >= 4 is 17.3 Å². The van der Waals surface area contributed by atoms with Crippen molar-refractivity contribution in [2.45, 2.75) is 39.0 Å². The molecular weight excluding hydrogens is 380 g/mol. The van der Waals surface area contributed by atoms with Gasteiger partial charge < -0.3 is 9.47 Å². The van der Waals surface area contributed by atoms with Gasteiger partial charge in [0.25, 0.3) is 11.4 Å². The third-order valence-electron chi connectivity index (χ3n) is 4.16. The maximum absolute atomic E-state index is 12.3. The Morgan fingerprint density at radius 2 is 1.55 bits per heavy atom. The van der Waals surface area contributed by atoms with E-state index in [0.29, 0.717) is 12.4 Å². The van der Waals surface area contributed by atoms with Crippen molar-refractivity contribution in [3.05, 3.63) is 68.3 Å². The lowest BCUT2D eigenvalue weighted by molar-refractivity contribution is -0.394. The molecule has 0 aliphatic rings. The van der Waals surface area contributed by atoms with Crippen LogP contribution in [0.2, 0.25) is 0 Å². The Balaban J connectivity index is 1.97. The molecule has 154 valence electrons. The zero-order valence-corrected chi connectivity index (χ0v) is 16.0. The summed E-state index contributed by atoms with van der Waals surface area (Å²) in [5, 5.41) is 21.9. The summed E-state index contributed by atoms with van der Waals surface area (Å²) in [6.07, 6.45) is 5.65. The van der Waals surface area contributed by atoms with Gasteiger partial charge in [0.05, 0.1) is 22.5 Å². The number of rotatable bonds is 11. The van der Waals surface area contributed by atoms with Gasteiger partial charge >= 0.3 is 5.97 Å². The predicted molar refractivity (Wildman–Crippen MR) is 105 cm³/mol. The number of nitro benzene ring substituents is 2. The van der Waals surface area contributed by atoms with Crippen LogP contribution in [0.15, 0.2) is 42.5 Å². The summed E-state index contributed by atoms with van der Waals surface area (Å²) in [7, 11) is 0. The number of carbonyl (C=O) groups is 1. The lowest BCUT2D eigenvalue weighted by Crippen LogP contribution is -2.11. The Labute approximate surface area is 167 Å². The molecule has 0 bridgehead atoms. The molecule has 0 saturated carbocycles. The highest BCUT2D eigenvalue weighted by Crippen LogP contribution is 2.26. The monoisotopic (exact) mass is 402 g/mol. The molecule has 0 unspecified atom stereocenters. The second-order valence-electron chi connectivity index (χ2n) is 6.34. The second-order valence-corrected chi connectivity index (χ2v) is 6.34. The highest BCUT2D eigenvalue weighted by molar-refractivity contribution is 5.95. The molecule has 0 N–H and O–H groups in total. The summed E-state index contributed by atoms with van der Waals surface area (Å²) in [6.45, 7) is 2.75. The van der Waals surface area contributed by atoms with Crippen molar-refractivity contribution in [3.8, 4) is 11.5 Å². The SMILES string of the molecule is CCCCCCCOc1ccc(OC(=O)c2ccc([N+](=O)[O-])cc2[N+](=O)[O-])cc1. The molecule has 0 spiro atoms. The number of unbranched alkanes of at least 4 members (excludes halogenated alkanes) is 4. The van der Waals surface area contributed by atoms with E-state index < -0.39 is 27.2 Å². The van der Waals surface area contributed by atoms with Crippen LogP contribution in [-0.2, 0) is 0 Å². The van der Waals surface area contributed by atoms with Crippen LogP contribution in [-0.4, -0.2) is 22.4 Å². The standard InChI is InChI=1S/C20H22N2O7/c1-2-3-4-5-6-13-28-16-8-10-17(11-9-16)29-20(23)18-12-7-15(21(24)25)14-19(18)22(26)27/h7-12,14H,2-6,13H2,1H3. The summed E-state index contributed by atoms with van der Waals surface area (Å²) in [4.78, 5) is 32.6. The van der Waals surface area contributed by atoms with Gasteiger partial charge in [-0.05, 0) is 36.8 Å². The molecule has 0 aromatic heterocycles. The Hall–Kier alpha value is -3.49. The van der Waals surface area contributed by atoms with E-state index in [4.69, 9.17) is 9.47 Å². The lowest BCUT2D eigenvalue weighted by Gasteiger charge is -2.08. The molecule has 0 radical (unpaired) electrons. The molecular formula is C20H22N2O7. The van der Waals surface area contributed by atoms with Crippen molar-refractivity contribution < 1.29 is 24.1 Å².